The van der Waals surface area contributed by atoms with Crippen LogP contribution in [0.5, 0.6) is 0 Å². The van der Waals surface area contributed by atoms with E-state index >= 15 is 0 Å². The third kappa shape index (κ3) is 4.13. The summed E-state index contributed by atoms with van der Waals surface area (Å²) in [5, 5.41) is 4.94. The lowest BCUT2D eigenvalue weighted by Crippen LogP contribution is -2.13. The minimum absolute atomic E-state index is 0.0463. The molecular formula is C12H9Cl2N3O3S. The van der Waals surface area contributed by atoms with Crippen LogP contribution in [-0.2, 0) is 16.0 Å². The number of esters is 1. The number of methoxy groups -OCH3 is 1. The van der Waals surface area contributed by atoms with Crippen molar-refractivity contribution in [1.82, 2.24) is 9.97 Å². The summed E-state index contributed by atoms with van der Waals surface area (Å²) in [6.45, 7) is 0. The van der Waals surface area contributed by atoms with Gasteiger partial charge in [0, 0.05) is 11.6 Å². The van der Waals surface area contributed by atoms with E-state index in [1.807, 2.05) is 0 Å². The number of hydrogen-bond donors (Lipinski definition) is 1. The molecule has 2 rings (SSSR count). The first-order valence-electron chi connectivity index (χ1n) is 5.63. The van der Waals surface area contributed by atoms with Gasteiger partial charge in [0.25, 0.3) is 5.91 Å². The van der Waals surface area contributed by atoms with Gasteiger partial charge in [0.05, 0.1) is 29.8 Å². The standard InChI is InChI=1S/C12H9Cl2N3O3S/c1-20-10(18)2-6-5-21-12(16-6)17-11(19)7-3-9(14)15-4-8(7)13/h3-5H,2H2,1H3,(H,16,17,19). The molecule has 9 heteroatoms. The van der Waals surface area contributed by atoms with E-state index in [9.17, 15) is 9.59 Å². The van der Waals surface area contributed by atoms with E-state index < -0.39 is 11.9 Å². The second kappa shape index (κ2) is 6.84. The largest absolute Gasteiger partial charge is 0.469 e. The summed E-state index contributed by atoms with van der Waals surface area (Å²) >= 11 is 12.8. The second-order valence-corrected chi connectivity index (χ2v) is 5.49. The number of aromatic nitrogens is 2. The first-order chi connectivity index (χ1) is 9.99. The molecule has 0 saturated heterocycles. The Morgan fingerprint density at radius 1 is 1.43 bits per heavy atom. The first kappa shape index (κ1) is 15.7. The average Bonchev–Trinajstić information content (AvgIpc) is 2.88. The highest BCUT2D eigenvalue weighted by atomic mass is 35.5. The number of ether oxygens (including phenoxy) is 1. The van der Waals surface area contributed by atoms with E-state index in [0.29, 0.717) is 10.8 Å². The average molecular weight is 346 g/mol. The summed E-state index contributed by atoms with van der Waals surface area (Å²) in [6, 6.07) is 1.36. The molecule has 21 heavy (non-hydrogen) atoms. The fourth-order valence-electron chi connectivity index (χ4n) is 1.42. The molecule has 0 fully saturated rings. The number of pyridine rings is 1. The van der Waals surface area contributed by atoms with Gasteiger partial charge in [0.15, 0.2) is 5.13 Å². The molecule has 1 N–H and O–H groups in total. The van der Waals surface area contributed by atoms with Gasteiger partial charge in [-0.3, -0.25) is 14.9 Å². The van der Waals surface area contributed by atoms with Crippen LogP contribution in [0.15, 0.2) is 17.6 Å². The summed E-state index contributed by atoms with van der Waals surface area (Å²) in [4.78, 5) is 31.1. The summed E-state index contributed by atoms with van der Waals surface area (Å²) in [7, 11) is 1.30. The van der Waals surface area contributed by atoms with Crippen molar-refractivity contribution >= 4 is 51.5 Å². The molecule has 0 aliphatic carbocycles. The molecule has 0 unspecified atom stereocenters. The zero-order chi connectivity index (χ0) is 15.4. The van der Waals surface area contributed by atoms with Crippen molar-refractivity contribution in [3.8, 4) is 0 Å². The minimum atomic E-state index is -0.455. The Morgan fingerprint density at radius 2 is 2.19 bits per heavy atom. The van der Waals surface area contributed by atoms with Crippen LogP contribution in [-0.4, -0.2) is 29.0 Å². The van der Waals surface area contributed by atoms with Gasteiger partial charge < -0.3 is 4.74 Å². The van der Waals surface area contributed by atoms with Gasteiger partial charge in [-0.05, 0) is 6.07 Å². The molecule has 2 heterocycles. The van der Waals surface area contributed by atoms with Gasteiger partial charge >= 0.3 is 5.97 Å². The fourth-order valence-corrected chi connectivity index (χ4v) is 2.47. The molecule has 6 nitrogen and oxygen atoms in total. The van der Waals surface area contributed by atoms with E-state index in [1.54, 1.807) is 5.38 Å². The Bertz CT molecular complexity index is 690. The van der Waals surface area contributed by atoms with Crippen LogP contribution in [0.2, 0.25) is 10.2 Å². The van der Waals surface area contributed by atoms with E-state index in [0.717, 1.165) is 0 Å². The molecule has 1 amide bonds. The van der Waals surface area contributed by atoms with Gasteiger partial charge in [0.1, 0.15) is 5.15 Å². The molecule has 0 atom stereocenters. The van der Waals surface area contributed by atoms with Crippen molar-refractivity contribution in [2.75, 3.05) is 12.4 Å². The van der Waals surface area contributed by atoms with Crippen LogP contribution in [0.4, 0.5) is 5.13 Å². The number of amides is 1. The van der Waals surface area contributed by atoms with Crippen molar-refractivity contribution < 1.29 is 14.3 Å². The Morgan fingerprint density at radius 3 is 2.90 bits per heavy atom. The van der Waals surface area contributed by atoms with Gasteiger partial charge in [0.2, 0.25) is 0 Å². The van der Waals surface area contributed by atoms with Crippen molar-refractivity contribution in [2.45, 2.75) is 6.42 Å². The Kier molecular flexibility index (Phi) is 5.11. The normalized spacial score (nSPS) is 10.2. The van der Waals surface area contributed by atoms with Gasteiger partial charge in [-0.15, -0.1) is 11.3 Å². The maximum Gasteiger partial charge on any atom is 0.311 e. The molecule has 0 aromatic carbocycles. The number of carbonyl (C=O) groups is 2. The molecule has 2 aromatic heterocycles. The second-order valence-electron chi connectivity index (χ2n) is 3.84. The highest BCUT2D eigenvalue weighted by Gasteiger charge is 2.14. The van der Waals surface area contributed by atoms with E-state index in [2.05, 4.69) is 20.0 Å². The van der Waals surface area contributed by atoms with Crippen LogP contribution >= 0.6 is 34.5 Å². The fraction of sp³-hybridized carbons (Fsp3) is 0.167. The summed E-state index contributed by atoms with van der Waals surface area (Å²) < 4.78 is 4.54. The first-order valence-corrected chi connectivity index (χ1v) is 7.26. The lowest BCUT2D eigenvalue weighted by Gasteiger charge is -2.03. The lowest BCUT2D eigenvalue weighted by atomic mass is 10.2. The smallest absolute Gasteiger partial charge is 0.311 e. The number of nitrogens with one attached hydrogen (secondary N) is 1. The van der Waals surface area contributed by atoms with Crippen LogP contribution < -0.4 is 5.32 Å². The lowest BCUT2D eigenvalue weighted by molar-refractivity contribution is -0.139. The minimum Gasteiger partial charge on any atom is -0.469 e. The molecule has 0 aliphatic heterocycles. The van der Waals surface area contributed by atoms with Crippen molar-refractivity contribution in [3.63, 3.8) is 0 Å². The zero-order valence-corrected chi connectivity index (χ0v) is 13.1. The van der Waals surface area contributed by atoms with Crippen molar-refractivity contribution in [3.05, 3.63) is 39.1 Å². The number of nitrogens with zero attached hydrogens (tertiary/aromatic N) is 2. The summed E-state index contributed by atoms with van der Waals surface area (Å²) in [5.41, 5.74) is 0.711. The number of anilines is 1. The molecule has 0 spiro atoms. The zero-order valence-electron chi connectivity index (χ0n) is 10.7. The number of thiazole rings is 1. The van der Waals surface area contributed by atoms with E-state index in [4.69, 9.17) is 23.2 Å². The van der Waals surface area contributed by atoms with E-state index in [1.165, 1.54) is 30.7 Å². The topological polar surface area (TPSA) is 81.2 Å². The number of halogens is 2. The van der Waals surface area contributed by atoms with Crippen LogP contribution in [0.1, 0.15) is 16.1 Å². The quantitative estimate of drug-likeness (QED) is 0.680. The maximum atomic E-state index is 12.1. The Balaban J connectivity index is 2.09. The third-order valence-electron chi connectivity index (χ3n) is 2.39. The highest BCUT2D eigenvalue weighted by Crippen LogP contribution is 2.21. The predicted octanol–water partition coefficient (Wildman–Crippen LogP) is 2.81. The van der Waals surface area contributed by atoms with Gasteiger partial charge in [-0.1, -0.05) is 23.2 Å². The molecule has 0 aliphatic rings. The van der Waals surface area contributed by atoms with Crippen molar-refractivity contribution in [1.29, 1.82) is 0 Å². The molecule has 0 saturated carbocycles. The van der Waals surface area contributed by atoms with Gasteiger partial charge in [-0.25, -0.2) is 9.97 Å². The van der Waals surface area contributed by atoms with Gasteiger partial charge in [-0.2, -0.15) is 0 Å². The number of carbonyl (C=O) groups excluding carboxylic acids is 2. The monoisotopic (exact) mass is 345 g/mol. The van der Waals surface area contributed by atoms with Crippen LogP contribution in [0.25, 0.3) is 0 Å². The van der Waals surface area contributed by atoms with Crippen LogP contribution in [0, 0.1) is 0 Å². The highest BCUT2D eigenvalue weighted by molar-refractivity contribution is 7.14. The Labute approximate surface area is 134 Å². The van der Waals surface area contributed by atoms with E-state index in [-0.39, 0.29) is 22.2 Å². The number of rotatable bonds is 4. The SMILES string of the molecule is COC(=O)Cc1csc(NC(=O)c2cc(Cl)ncc2Cl)n1. The van der Waals surface area contributed by atoms with Crippen molar-refractivity contribution in [2.24, 2.45) is 0 Å². The maximum absolute atomic E-state index is 12.1. The number of hydrogen-bond acceptors (Lipinski definition) is 6. The third-order valence-corrected chi connectivity index (χ3v) is 3.71. The molecule has 2 aromatic rings. The predicted molar refractivity (Wildman–Crippen MR) is 80.0 cm³/mol. The Hall–Kier alpha value is -1.70. The molecule has 0 bridgehead atoms. The molecule has 0 radical (unpaired) electrons. The summed E-state index contributed by atoms with van der Waals surface area (Å²) in [5.74, 6) is -0.856. The molecular weight excluding hydrogens is 337 g/mol. The van der Waals surface area contributed by atoms with Crippen LogP contribution in [0.3, 0.4) is 0 Å². The summed E-state index contributed by atoms with van der Waals surface area (Å²) in [6.07, 6.45) is 1.34. The molecule has 110 valence electrons.